The predicted octanol–water partition coefficient (Wildman–Crippen LogP) is 2.40. The number of hydrogen-bond donors (Lipinski definition) is 2. The molecule has 5 nitrogen and oxygen atoms in total. The van der Waals surface area contributed by atoms with Gasteiger partial charge in [-0.15, -0.1) is 0 Å². The monoisotopic (exact) mass is 299 g/mol. The summed E-state index contributed by atoms with van der Waals surface area (Å²) in [6, 6.07) is 8.32. The molecule has 1 fully saturated rings. The van der Waals surface area contributed by atoms with E-state index in [9.17, 15) is 0 Å². The number of anilines is 3. The van der Waals surface area contributed by atoms with Crippen LogP contribution in [0.3, 0.4) is 0 Å². The fourth-order valence-corrected chi connectivity index (χ4v) is 3.67. The van der Waals surface area contributed by atoms with Gasteiger partial charge >= 0.3 is 0 Å². The number of hydrogen-bond acceptors (Lipinski definition) is 6. The Hall–Kier alpha value is -1.79. The molecule has 2 aromatic rings. The average molecular weight is 299 g/mol. The highest BCUT2D eigenvalue weighted by Crippen LogP contribution is 2.44. The third-order valence-corrected chi connectivity index (χ3v) is 4.86. The Labute approximate surface area is 128 Å². The number of para-hydroxylation sites is 1. The molecular formula is C15H17N5S. The highest BCUT2D eigenvalue weighted by molar-refractivity contribution is 7.99. The van der Waals surface area contributed by atoms with Crippen LogP contribution in [0.1, 0.15) is 5.69 Å². The lowest BCUT2D eigenvalue weighted by atomic mass is 10.3. The molecule has 4 rings (SSSR count). The number of rotatable bonds is 1. The maximum atomic E-state index is 4.78. The fraction of sp³-hybridized carbons (Fsp3) is 0.333. The zero-order chi connectivity index (χ0) is 14.2. The van der Waals surface area contributed by atoms with Crippen molar-refractivity contribution in [2.45, 2.75) is 16.8 Å². The van der Waals surface area contributed by atoms with Crippen molar-refractivity contribution in [2.75, 3.05) is 36.4 Å². The van der Waals surface area contributed by atoms with Gasteiger partial charge in [-0.05, 0) is 19.1 Å². The number of fused-ring (bicyclic) bond motifs is 2. The minimum atomic E-state index is 0.849. The fourth-order valence-electron chi connectivity index (χ4n) is 2.65. The van der Waals surface area contributed by atoms with Gasteiger partial charge in [-0.1, -0.05) is 23.9 Å². The summed E-state index contributed by atoms with van der Waals surface area (Å²) in [5, 5.41) is 7.84. The molecule has 0 spiro atoms. The van der Waals surface area contributed by atoms with Gasteiger partial charge in [0.05, 0.1) is 17.1 Å². The quantitative estimate of drug-likeness (QED) is 0.673. The van der Waals surface area contributed by atoms with Crippen LogP contribution in [0, 0.1) is 6.92 Å². The lowest BCUT2D eigenvalue weighted by Crippen LogP contribution is -2.44. The second-order valence-electron chi connectivity index (χ2n) is 5.25. The van der Waals surface area contributed by atoms with Crippen molar-refractivity contribution in [3.8, 4) is 0 Å². The number of nitrogens with zero attached hydrogens (tertiary/aromatic N) is 3. The Balaban J connectivity index is 1.72. The lowest BCUT2D eigenvalue weighted by Gasteiger charge is -2.29. The minimum absolute atomic E-state index is 0.849. The molecule has 3 heterocycles. The standard InChI is InChI=1S/C15H17N5S/c1-10-13-14(21-12-5-3-2-4-11(12)18-13)19-15(17-10)20-8-6-16-7-9-20/h2-5,16,18H,6-9H2,1H3. The van der Waals surface area contributed by atoms with Crippen LogP contribution in [0.25, 0.3) is 0 Å². The molecule has 2 N–H and O–H groups in total. The summed E-state index contributed by atoms with van der Waals surface area (Å²) < 4.78 is 0. The van der Waals surface area contributed by atoms with Gasteiger partial charge in [-0.2, -0.15) is 0 Å². The van der Waals surface area contributed by atoms with Gasteiger partial charge in [-0.25, -0.2) is 9.97 Å². The zero-order valence-electron chi connectivity index (χ0n) is 11.9. The molecule has 0 aliphatic carbocycles. The molecule has 2 aliphatic heterocycles. The summed E-state index contributed by atoms with van der Waals surface area (Å²) >= 11 is 1.72. The highest BCUT2D eigenvalue weighted by Gasteiger charge is 2.22. The molecule has 0 atom stereocenters. The smallest absolute Gasteiger partial charge is 0.226 e. The Bertz CT molecular complexity index is 682. The van der Waals surface area contributed by atoms with Crippen LogP contribution in [0.4, 0.5) is 17.3 Å². The molecule has 21 heavy (non-hydrogen) atoms. The Morgan fingerprint density at radius 3 is 2.81 bits per heavy atom. The van der Waals surface area contributed by atoms with Crippen molar-refractivity contribution in [1.82, 2.24) is 15.3 Å². The van der Waals surface area contributed by atoms with E-state index in [1.807, 2.05) is 13.0 Å². The molecule has 0 bridgehead atoms. The van der Waals surface area contributed by atoms with Gasteiger partial charge in [0.2, 0.25) is 5.95 Å². The summed E-state index contributed by atoms with van der Waals surface area (Å²) in [6.45, 7) is 5.97. The SMILES string of the molecule is Cc1nc(N2CCNCC2)nc2c1Nc1ccccc1S2. The molecule has 0 radical (unpaired) electrons. The molecule has 0 amide bonds. The summed E-state index contributed by atoms with van der Waals surface area (Å²) in [7, 11) is 0. The van der Waals surface area contributed by atoms with E-state index in [1.54, 1.807) is 11.8 Å². The summed E-state index contributed by atoms with van der Waals surface area (Å²) in [6.07, 6.45) is 0. The van der Waals surface area contributed by atoms with E-state index in [0.717, 1.165) is 54.2 Å². The molecule has 1 aromatic heterocycles. The number of aryl methyl sites for hydroxylation is 1. The molecular weight excluding hydrogens is 282 g/mol. The van der Waals surface area contributed by atoms with Crippen LogP contribution in [0.2, 0.25) is 0 Å². The van der Waals surface area contributed by atoms with Gasteiger partial charge in [0.15, 0.2) is 0 Å². The first-order valence-electron chi connectivity index (χ1n) is 7.19. The maximum Gasteiger partial charge on any atom is 0.226 e. The van der Waals surface area contributed by atoms with Crippen LogP contribution in [-0.4, -0.2) is 36.1 Å². The first-order chi connectivity index (χ1) is 10.3. The number of benzene rings is 1. The topological polar surface area (TPSA) is 53.1 Å². The lowest BCUT2D eigenvalue weighted by molar-refractivity contribution is 0.577. The van der Waals surface area contributed by atoms with E-state index < -0.39 is 0 Å². The molecule has 1 aromatic carbocycles. The normalized spacial score (nSPS) is 16.9. The van der Waals surface area contributed by atoms with Crippen LogP contribution in [0.15, 0.2) is 34.2 Å². The summed E-state index contributed by atoms with van der Waals surface area (Å²) in [5.41, 5.74) is 3.18. The first kappa shape index (κ1) is 12.9. The molecule has 108 valence electrons. The van der Waals surface area contributed by atoms with Crippen molar-refractivity contribution >= 4 is 29.1 Å². The third kappa shape index (κ3) is 2.34. The predicted molar refractivity (Wildman–Crippen MR) is 85.7 cm³/mol. The largest absolute Gasteiger partial charge is 0.351 e. The van der Waals surface area contributed by atoms with E-state index in [4.69, 9.17) is 9.97 Å². The minimum Gasteiger partial charge on any atom is -0.351 e. The van der Waals surface area contributed by atoms with Crippen LogP contribution in [-0.2, 0) is 0 Å². The number of piperazine rings is 1. The van der Waals surface area contributed by atoms with E-state index in [-0.39, 0.29) is 0 Å². The first-order valence-corrected chi connectivity index (χ1v) is 8.01. The van der Waals surface area contributed by atoms with Crippen molar-refractivity contribution in [3.63, 3.8) is 0 Å². The number of aromatic nitrogens is 2. The van der Waals surface area contributed by atoms with Crippen LogP contribution < -0.4 is 15.5 Å². The molecule has 0 unspecified atom stereocenters. The Morgan fingerprint density at radius 2 is 1.95 bits per heavy atom. The second kappa shape index (κ2) is 5.20. The summed E-state index contributed by atoms with van der Waals surface area (Å²) in [4.78, 5) is 13.0. The van der Waals surface area contributed by atoms with Gasteiger partial charge < -0.3 is 15.5 Å². The molecule has 6 heteroatoms. The maximum absolute atomic E-state index is 4.78. The third-order valence-electron chi connectivity index (χ3n) is 3.80. The van der Waals surface area contributed by atoms with Gasteiger partial charge in [0.25, 0.3) is 0 Å². The van der Waals surface area contributed by atoms with Crippen molar-refractivity contribution in [2.24, 2.45) is 0 Å². The highest BCUT2D eigenvalue weighted by atomic mass is 32.2. The van der Waals surface area contributed by atoms with E-state index in [0.29, 0.717) is 0 Å². The van der Waals surface area contributed by atoms with Gasteiger partial charge in [-0.3, -0.25) is 0 Å². The number of nitrogens with one attached hydrogen (secondary N) is 2. The van der Waals surface area contributed by atoms with Crippen LogP contribution in [0.5, 0.6) is 0 Å². The van der Waals surface area contributed by atoms with Crippen molar-refractivity contribution < 1.29 is 0 Å². The zero-order valence-corrected chi connectivity index (χ0v) is 12.7. The van der Waals surface area contributed by atoms with E-state index in [1.165, 1.54) is 4.90 Å². The van der Waals surface area contributed by atoms with E-state index in [2.05, 4.69) is 33.7 Å². The van der Waals surface area contributed by atoms with Gasteiger partial charge in [0.1, 0.15) is 5.03 Å². The second-order valence-corrected chi connectivity index (χ2v) is 6.28. The van der Waals surface area contributed by atoms with Crippen molar-refractivity contribution in [3.05, 3.63) is 30.0 Å². The van der Waals surface area contributed by atoms with E-state index >= 15 is 0 Å². The average Bonchev–Trinajstić information content (AvgIpc) is 2.54. The van der Waals surface area contributed by atoms with Crippen LogP contribution >= 0.6 is 11.8 Å². The van der Waals surface area contributed by atoms with Crippen molar-refractivity contribution in [1.29, 1.82) is 0 Å². The molecule has 0 saturated carbocycles. The Morgan fingerprint density at radius 1 is 1.14 bits per heavy atom. The molecule has 1 saturated heterocycles. The summed E-state index contributed by atoms with van der Waals surface area (Å²) in [5.74, 6) is 0.849. The Kier molecular flexibility index (Phi) is 3.20. The van der Waals surface area contributed by atoms with Gasteiger partial charge in [0, 0.05) is 31.1 Å². The molecule has 2 aliphatic rings.